The number of methoxy groups -OCH3 is 3. The average Bonchev–Trinajstić information content (AvgIpc) is 3.42. The van der Waals surface area contributed by atoms with Crippen LogP contribution in [0.3, 0.4) is 0 Å². The number of benzene rings is 2. The van der Waals surface area contributed by atoms with Crippen LogP contribution in [0.5, 0.6) is 17.2 Å². The van der Waals surface area contributed by atoms with E-state index in [1.807, 2.05) is 24.3 Å². The van der Waals surface area contributed by atoms with E-state index in [0.717, 1.165) is 24.2 Å². The van der Waals surface area contributed by atoms with Crippen molar-refractivity contribution >= 4 is 11.7 Å². The minimum atomic E-state index is -0.317. The van der Waals surface area contributed by atoms with E-state index in [-0.39, 0.29) is 11.6 Å². The second-order valence-corrected chi connectivity index (χ2v) is 5.96. The van der Waals surface area contributed by atoms with Gasteiger partial charge in [0.1, 0.15) is 17.2 Å². The molecule has 0 saturated heterocycles. The van der Waals surface area contributed by atoms with Crippen molar-refractivity contribution in [2.75, 3.05) is 26.6 Å². The molecular weight excluding hydrogens is 320 g/mol. The van der Waals surface area contributed by atoms with Crippen molar-refractivity contribution in [3.8, 4) is 17.2 Å². The lowest BCUT2D eigenvalue weighted by molar-refractivity contribution is 0.247. The van der Waals surface area contributed by atoms with Crippen LogP contribution in [0, 0.1) is 0 Å². The Labute approximate surface area is 147 Å². The fourth-order valence-electron chi connectivity index (χ4n) is 2.80. The van der Waals surface area contributed by atoms with Crippen LogP contribution < -0.4 is 24.8 Å². The lowest BCUT2D eigenvalue weighted by Gasteiger charge is -2.19. The number of nitrogens with one attached hydrogen (secondary N) is 2. The first kappa shape index (κ1) is 17.0. The highest BCUT2D eigenvalue weighted by Gasteiger charge is 2.45. The van der Waals surface area contributed by atoms with E-state index in [9.17, 15) is 4.79 Å². The first-order chi connectivity index (χ1) is 12.1. The van der Waals surface area contributed by atoms with Gasteiger partial charge in [0.05, 0.1) is 32.6 Å². The van der Waals surface area contributed by atoms with Crippen molar-refractivity contribution in [3.63, 3.8) is 0 Å². The van der Waals surface area contributed by atoms with Crippen molar-refractivity contribution in [2.24, 2.45) is 0 Å². The third kappa shape index (κ3) is 3.63. The molecule has 0 aliphatic heterocycles. The third-order valence-electron chi connectivity index (χ3n) is 4.40. The van der Waals surface area contributed by atoms with Crippen LogP contribution in [0.1, 0.15) is 18.4 Å². The van der Waals surface area contributed by atoms with E-state index in [0.29, 0.717) is 17.2 Å². The van der Waals surface area contributed by atoms with Crippen molar-refractivity contribution in [2.45, 2.75) is 18.4 Å². The van der Waals surface area contributed by atoms with Crippen LogP contribution in [0.2, 0.25) is 0 Å². The highest BCUT2D eigenvalue weighted by atomic mass is 16.5. The number of rotatable bonds is 6. The molecule has 1 aliphatic carbocycles. The number of urea groups is 1. The quantitative estimate of drug-likeness (QED) is 0.843. The second-order valence-electron chi connectivity index (χ2n) is 5.96. The average molecular weight is 342 g/mol. The van der Waals surface area contributed by atoms with Gasteiger partial charge in [-0.25, -0.2) is 4.79 Å². The maximum Gasteiger partial charge on any atom is 0.320 e. The molecule has 0 bridgehead atoms. The number of hydrogen-bond donors (Lipinski definition) is 2. The van der Waals surface area contributed by atoms with Gasteiger partial charge in [-0.2, -0.15) is 0 Å². The molecule has 2 N–H and O–H groups in total. The Hall–Kier alpha value is -2.89. The first-order valence-corrected chi connectivity index (χ1v) is 8.06. The monoisotopic (exact) mass is 342 g/mol. The molecule has 0 radical (unpaired) electrons. The Balaban J connectivity index is 1.72. The van der Waals surface area contributed by atoms with Crippen molar-refractivity contribution in [3.05, 3.63) is 48.0 Å². The number of carbonyl (C=O) groups is 1. The van der Waals surface area contributed by atoms with Gasteiger partial charge in [0.2, 0.25) is 0 Å². The highest BCUT2D eigenvalue weighted by molar-refractivity contribution is 5.92. The zero-order valence-electron chi connectivity index (χ0n) is 14.6. The van der Waals surface area contributed by atoms with Gasteiger partial charge in [-0.3, -0.25) is 0 Å². The summed E-state index contributed by atoms with van der Waals surface area (Å²) in [4.78, 5) is 12.5. The summed E-state index contributed by atoms with van der Waals surface area (Å²) < 4.78 is 15.7. The molecule has 2 amide bonds. The van der Waals surface area contributed by atoms with Gasteiger partial charge < -0.3 is 24.8 Å². The summed E-state index contributed by atoms with van der Waals surface area (Å²) in [5, 5.41) is 5.92. The van der Waals surface area contributed by atoms with Gasteiger partial charge >= 0.3 is 6.03 Å². The standard InChI is InChI=1S/C19H22N2O4/c1-23-14-6-4-13(5-7-14)19(10-11-19)21-18(22)20-16-12-15(24-2)8-9-17(16)25-3/h4-9,12H,10-11H2,1-3H3,(H2,20,21,22). The third-order valence-corrected chi connectivity index (χ3v) is 4.40. The molecule has 3 rings (SSSR count). The molecular formula is C19H22N2O4. The van der Waals surface area contributed by atoms with E-state index in [4.69, 9.17) is 14.2 Å². The molecule has 6 heteroatoms. The predicted molar refractivity (Wildman–Crippen MR) is 95.6 cm³/mol. The number of amides is 2. The lowest BCUT2D eigenvalue weighted by atomic mass is 10.1. The molecule has 132 valence electrons. The van der Waals surface area contributed by atoms with Crippen LogP contribution >= 0.6 is 0 Å². The number of carbonyl (C=O) groups excluding carboxylic acids is 1. The fraction of sp³-hybridized carbons (Fsp3) is 0.316. The maximum absolute atomic E-state index is 12.5. The van der Waals surface area contributed by atoms with Gasteiger partial charge in [-0.05, 0) is 42.7 Å². The largest absolute Gasteiger partial charge is 0.497 e. The summed E-state index contributed by atoms with van der Waals surface area (Å²) in [6, 6.07) is 12.8. The topological polar surface area (TPSA) is 68.8 Å². The molecule has 0 heterocycles. The molecule has 25 heavy (non-hydrogen) atoms. The SMILES string of the molecule is COc1ccc(C2(NC(=O)Nc3cc(OC)ccc3OC)CC2)cc1. The fourth-order valence-corrected chi connectivity index (χ4v) is 2.80. The number of hydrogen-bond acceptors (Lipinski definition) is 4. The molecule has 0 spiro atoms. The molecule has 1 saturated carbocycles. The Morgan fingerprint density at radius 2 is 1.56 bits per heavy atom. The van der Waals surface area contributed by atoms with Crippen molar-refractivity contribution in [1.82, 2.24) is 5.32 Å². The minimum absolute atomic E-state index is 0.278. The molecule has 2 aromatic carbocycles. The second kappa shape index (κ2) is 6.93. The minimum Gasteiger partial charge on any atom is -0.497 e. The predicted octanol–water partition coefficient (Wildman–Crippen LogP) is 3.52. The number of anilines is 1. The zero-order chi connectivity index (χ0) is 17.9. The van der Waals surface area contributed by atoms with E-state index in [1.54, 1.807) is 39.5 Å². The van der Waals surface area contributed by atoms with E-state index < -0.39 is 0 Å². The van der Waals surface area contributed by atoms with E-state index in [2.05, 4.69) is 10.6 Å². The number of ether oxygens (including phenoxy) is 3. The first-order valence-electron chi connectivity index (χ1n) is 8.06. The van der Waals surface area contributed by atoms with Crippen LogP contribution in [0.15, 0.2) is 42.5 Å². The lowest BCUT2D eigenvalue weighted by Crippen LogP contribution is -2.38. The molecule has 6 nitrogen and oxygen atoms in total. The Morgan fingerprint density at radius 3 is 2.12 bits per heavy atom. The Bertz CT molecular complexity index is 755. The highest BCUT2D eigenvalue weighted by Crippen LogP contribution is 2.46. The molecule has 2 aromatic rings. The smallest absolute Gasteiger partial charge is 0.320 e. The van der Waals surface area contributed by atoms with Gasteiger partial charge in [0.25, 0.3) is 0 Å². The summed E-state index contributed by atoms with van der Waals surface area (Å²) in [6.45, 7) is 0. The van der Waals surface area contributed by atoms with Crippen LogP contribution in [0.4, 0.5) is 10.5 Å². The van der Waals surface area contributed by atoms with Gasteiger partial charge in [0.15, 0.2) is 0 Å². The van der Waals surface area contributed by atoms with Crippen LogP contribution in [-0.4, -0.2) is 27.4 Å². The summed E-state index contributed by atoms with van der Waals surface area (Å²) in [7, 11) is 4.77. The molecule has 0 atom stereocenters. The normalized spacial score (nSPS) is 14.4. The molecule has 0 unspecified atom stereocenters. The summed E-state index contributed by atoms with van der Waals surface area (Å²) >= 11 is 0. The molecule has 1 aliphatic rings. The van der Waals surface area contributed by atoms with Gasteiger partial charge in [-0.15, -0.1) is 0 Å². The maximum atomic E-state index is 12.5. The zero-order valence-corrected chi connectivity index (χ0v) is 14.6. The molecule has 1 fully saturated rings. The Kier molecular flexibility index (Phi) is 4.70. The molecule has 0 aromatic heterocycles. The van der Waals surface area contributed by atoms with Crippen molar-refractivity contribution in [1.29, 1.82) is 0 Å². The summed E-state index contributed by atoms with van der Waals surface area (Å²) in [5.41, 5.74) is 1.31. The Morgan fingerprint density at radius 1 is 0.920 bits per heavy atom. The van der Waals surface area contributed by atoms with Crippen LogP contribution in [0.25, 0.3) is 0 Å². The van der Waals surface area contributed by atoms with Gasteiger partial charge in [-0.1, -0.05) is 12.1 Å². The van der Waals surface area contributed by atoms with Crippen molar-refractivity contribution < 1.29 is 19.0 Å². The summed E-state index contributed by atoms with van der Waals surface area (Å²) in [6.07, 6.45) is 1.81. The van der Waals surface area contributed by atoms with E-state index in [1.165, 1.54) is 0 Å². The van der Waals surface area contributed by atoms with E-state index >= 15 is 0 Å². The summed E-state index contributed by atoms with van der Waals surface area (Å²) in [5.74, 6) is 2.02. The van der Waals surface area contributed by atoms with Gasteiger partial charge in [0, 0.05) is 6.07 Å². The van der Waals surface area contributed by atoms with Crippen LogP contribution in [-0.2, 0) is 5.54 Å².